The summed E-state index contributed by atoms with van der Waals surface area (Å²) in [4.78, 5) is 32.2. The summed E-state index contributed by atoms with van der Waals surface area (Å²) >= 11 is 6.00. The number of halogens is 1. The molecular formula is C21H17ClN4O3. The van der Waals surface area contributed by atoms with Gasteiger partial charge in [-0.1, -0.05) is 17.7 Å². The number of carbonyl (C=O) groups is 2. The maximum Gasteiger partial charge on any atom is 0.323 e. The van der Waals surface area contributed by atoms with E-state index in [1.54, 1.807) is 42.5 Å². The van der Waals surface area contributed by atoms with Crippen molar-refractivity contribution in [3.63, 3.8) is 0 Å². The van der Waals surface area contributed by atoms with Gasteiger partial charge in [-0.2, -0.15) is 0 Å². The first-order chi connectivity index (χ1) is 14.0. The second kappa shape index (κ2) is 7.89. The number of Topliss-reactive ketones (excluding diaryl/α,β-unsaturated/α-hetero) is 1. The number of carbonyl (C=O) groups excluding carboxylic acids is 2. The van der Waals surface area contributed by atoms with E-state index in [9.17, 15) is 9.59 Å². The summed E-state index contributed by atoms with van der Waals surface area (Å²) in [6.07, 6.45) is 1.96. The fourth-order valence-electron chi connectivity index (χ4n) is 3.06. The Hall–Kier alpha value is -3.45. The minimum atomic E-state index is -0.391. The van der Waals surface area contributed by atoms with Crippen molar-refractivity contribution in [2.24, 2.45) is 0 Å². The summed E-state index contributed by atoms with van der Waals surface area (Å²) in [5.41, 5.74) is 3.47. The zero-order chi connectivity index (χ0) is 20.4. The molecule has 3 aromatic rings. The van der Waals surface area contributed by atoms with Gasteiger partial charge in [0.2, 0.25) is 5.88 Å². The molecule has 8 heteroatoms. The number of hydrogen-bond acceptors (Lipinski definition) is 5. The highest BCUT2D eigenvalue weighted by Gasteiger charge is 2.24. The molecule has 0 spiro atoms. The number of hydrogen-bond donors (Lipinski definition) is 2. The second-order valence-electron chi connectivity index (χ2n) is 6.67. The number of ether oxygens (including phenoxy) is 1. The summed E-state index contributed by atoms with van der Waals surface area (Å²) in [6, 6.07) is 11.8. The minimum Gasteiger partial charge on any atom is -0.439 e. The highest BCUT2D eigenvalue weighted by Crippen LogP contribution is 2.30. The van der Waals surface area contributed by atoms with Gasteiger partial charge in [-0.05, 0) is 42.8 Å². The maximum absolute atomic E-state index is 12.3. The number of aromatic nitrogens is 2. The lowest BCUT2D eigenvalue weighted by atomic mass is 10.2. The Balaban J connectivity index is 1.45. The van der Waals surface area contributed by atoms with Gasteiger partial charge in [0.1, 0.15) is 17.9 Å². The van der Waals surface area contributed by atoms with Gasteiger partial charge in [0.05, 0.1) is 5.69 Å². The molecule has 2 amide bonds. The first-order valence-electron chi connectivity index (χ1n) is 8.94. The van der Waals surface area contributed by atoms with Crippen molar-refractivity contribution in [3.05, 3.63) is 70.6 Å². The van der Waals surface area contributed by atoms with Gasteiger partial charge in [0, 0.05) is 40.9 Å². The van der Waals surface area contributed by atoms with Gasteiger partial charge in [-0.3, -0.25) is 4.79 Å². The van der Waals surface area contributed by atoms with E-state index in [-0.39, 0.29) is 12.2 Å². The Bertz CT molecular complexity index is 1120. The van der Waals surface area contributed by atoms with E-state index < -0.39 is 6.03 Å². The van der Waals surface area contributed by atoms with E-state index in [0.717, 1.165) is 5.56 Å². The van der Waals surface area contributed by atoms with Crippen LogP contribution in [0, 0.1) is 6.92 Å². The lowest BCUT2D eigenvalue weighted by Gasteiger charge is -2.11. The monoisotopic (exact) mass is 408 g/mol. The molecule has 0 aliphatic heterocycles. The molecule has 2 N–H and O–H groups in total. The van der Waals surface area contributed by atoms with Crippen molar-refractivity contribution in [1.29, 1.82) is 0 Å². The molecule has 0 unspecified atom stereocenters. The van der Waals surface area contributed by atoms with Crippen LogP contribution in [0.4, 0.5) is 16.2 Å². The third-order valence-electron chi connectivity index (χ3n) is 4.46. The van der Waals surface area contributed by atoms with E-state index in [1.165, 1.54) is 6.33 Å². The molecule has 1 aliphatic rings. The van der Waals surface area contributed by atoms with E-state index in [4.69, 9.17) is 16.3 Å². The number of fused-ring (bicyclic) bond motifs is 1. The molecule has 0 saturated carbocycles. The molecule has 0 atom stereocenters. The first kappa shape index (κ1) is 18.9. The van der Waals surface area contributed by atoms with Crippen LogP contribution in [0.1, 0.15) is 16.8 Å². The van der Waals surface area contributed by atoms with Gasteiger partial charge in [0.25, 0.3) is 0 Å². The van der Waals surface area contributed by atoms with Crippen LogP contribution in [0.2, 0.25) is 5.02 Å². The van der Waals surface area contributed by atoms with Crippen molar-refractivity contribution in [2.45, 2.75) is 19.8 Å². The Morgan fingerprint density at radius 1 is 1.07 bits per heavy atom. The van der Waals surface area contributed by atoms with Crippen molar-refractivity contribution in [2.75, 3.05) is 10.6 Å². The summed E-state index contributed by atoms with van der Waals surface area (Å²) in [5.74, 6) is 0.944. The van der Waals surface area contributed by atoms with Crippen LogP contribution in [-0.4, -0.2) is 21.8 Å². The number of nitrogens with zero attached hydrogens (tertiary/aromatic N) is 2. The molecular weight excluding hydrogens is 392 g/mol. The highest BCUT2D eigenvalue weighted by molar-refractivity contribution is 6.31. The van der Waals surface area contributed by atoms with Crippen molar-refractivity contribution in [1.82, 2.24) is 9.97 Å². The van der Waals surface area contributed by atoms with E-state index >= 15 is 0 Å². The Kier molecular flexibility index (Phi) is 5.14. The summed E-state index contributed by atoms with van der Waals surface area (Å²) in [5, 5.41) is 6.16. The second-order valence-corrected chi connectivity index (χ2v) is 7.08. The molecule has 0 saturated heterocycles. The number of benzene rings is 2. The third kappa shape index (κ3) is 4.35. The van der Waals surface area contributed by atoms with Gasteiger partial charge < -0.3 is 15.4 Å². The third-order valence-corrected chi connectivity index (χ3v) is 4.88. The van der Waals surface area contributed by atoms with Crippen LogP contribution >= 0.6 is 11.6 Å². The van der Waals surface area contributed by atoms with Crippen molar-refractivity contribution < 1.29 is 14.3 Å². The van der Waals surface area contributed by atoms with Gasteiger partial charge in [0.15, 0.2) is 0 Å². The fraction of sp³-hybridized carbons (Fsp3) is 0.143. The van der Waals surface area contributed by atoms with Crippen molar-refractivity contribution >= 4 is 34.8 Å². The molecule has 29 heavy (non-hydrogen) atoms. The molecule has 0 fully saturated rings. The Labute approximate surface area is 172 Å². The standard InChI is InChI=1S/C21H17ClN4O3/c1-12-7-14(5-6-18(12)22)26-21(28)25-13-3-2-4-16(8-13)29-20-17-9-15(27)10-19(17)23-11-24-20/h2-8,11H,9-10H2,1H3,(H2,25,26,28). The molecule has 4 rings (SSSR count). The van der Waals surface area contributed by atoms with Crippen LogP contribution < -0.4 is 15.4 Å². The summed E-state index contributed by atoms with van der Waals surface area (Å²) < 4.78 is 5.85. The van der Waals surface area contributed by atoms with Crippen LogP contribution in [-0.2, 0) is 17.6 Å². The first-order valence-corrected chi connectivity index (χ1v) is 9.32. The normalized spacial score (nSPS) is 12.4. The molecule has 2 aromatic carbocycles. The van der Waals surface area contributed by atoms with E-state index in [1.807, 2.05) is 6.92 Å². The summed E-state index contributed by atoms with van der Waals surface area (Å²) in [6.45, 7) is 1.86. The average molecular weight is 409 g/mol. The topological polar surface area (TPSA) is 93.2 Å². The average Bonchev–Trinajstić information content (AvgIpc) is 3.06. The van der Waals surface area contributed by atoms with Crippen LogP contribution in [0.3, 0.4) is 0 Å². The molecule has 0 bridgehead atoms. The predicted molar refractivity (Wildman–Crippen MR) is 110 cm³/mol. The van der Waals surface area contributed by atoms with E-state index in [0.29, 0.717) is 45.7 Å². The predicted octanol–water partition coefficient (Wildman–Crippen LogP) is 4.54. The zero-order valence-corrected chi connectivity index (χ0v) is 16.3. The molecule has 7 nitrogen and oxygen atoms in total. The number of amides is 2. The largest absolute Gasteiger partial charge is 0.439 e. The van der Waals surface area contributed by atoms with Crippen molar-refractivity contribution in [3.8, 4) is 11.6 Å². The Morgan fingerprint density at radius 3 is 2.66 bits per heavy atom. The highest BCUT2D eigenvalue weighted by atomic mass is 35.5. The quantitative estimate of drug-likeness (QED) is 0.660. The van der Waals surface area contributed by atoms with E-state index in [2.05, 4.69) is 20.6 Å². The molecule has 1 heterocycles. The lowest BCUT2D eigenvalue weighted by Crippen LogP contribution is -2.19. The van der Waals surface area contributed by atoms with Gasteiger partial charge >= 0.3 is 6.03 Å². The number of rotatable bonds is 4. The van der Waals surface area contributed by atoms with Gasteiger partial charge in [-0.25, -0.2) is 14.8 Å². The lowest BCUT2D eigenvalue weighted by molar-refractivity contribution is -0.117. The number of urea groups is 1. The SMILES string of the molecule is Cc1cc(NC(=O)Nc2cccc(Oc3ncnc4c3CC(=O)C4)c2)ccc1Cl. The smallest absolute Gasteiger partial charge is 0.323 e. The zero-order valence-electron chi connectivity index (χ0n) is 15.5. The van der Waals surface area contributed by atoms with Gasteiger partial charge in [-0.15, -0.1) is 0 Å². The molecule has 146 valence electrons. The maximum atomic E-state index is 12.3. The van der Waals surface area contributed by atoms with Crippen LogP contribution in [0.25, 0.3) is 0 Å². The summed E-state index contributed by atoms with van der Waals surface area (Å²) in [7, 11) is 0. The van der Waals surface area contributed by atoms with Crippen LogP contribution in [0.15, 0.2) is 48.8 Å². The molecule has 0 radical (unpaired) electrons. The Morgan fingerprint density at radius 2 is 1.86 bits per heavy atom. The molecule has 1 aromatic heterocycles. The fourth-order valence-corrected chi connectivity index (χ4v) is 3.18. The number of anilines is 2. The molecule has 1 aliphatic carbocycles. The number of aryl methyl sites for hydroxylation is 1. The van der Waals surface area contributed by atoms with Crippen LogP contribution in [0.5, 0.6) is 11.6 Å². The minimum absolute atomic E-state index is 0.0925. The number of nitrogens with one attached hydrogen (secondary N) is 2. The number of ketones is 1.